The van der Waals surface area contributed by atoms with Gasteiger partial charge in [-0.25, -0.2) is 4.39 Å². The molecule has 2 aromatic rings. The molecule has 0 saturated heterocycles. The van der Waals surface area contributed by atoms with Crippen LogP contribution < -0.4 is 4.74 Å². The maximum absolute atomic E-state index is 13.0. The molecule has 0 spiro atoms. The smallest absolute Gasteiger partial charge is 0.128 e. The van der Waals surface area contributed by atoms with Gasteiger partial charge >= 0.3 is 0 Å². The van der Waals surface area contributed by atoms with E-state index in [0.29, 0.717) is 11.3 Å². The van der Waals surface area contributed by atoms with Crippen LogP contribution in [0.15, 0.2) is 53.7 Å². The number of rotatable bonds is 4. The average molecular weight is 245 g/mol. The van der Waals surface area contributed by atoms with Gasteiger partial charge in [0.25, 0.3) is 0 Å². The zero-order valence-electron chi connectivity index (χ0n) is 9.58. The van der Waals surface area contributed by atoms with Crippen molar-refractivity contribution in [2.75, 3.05) is 0 Å². The zero-order valence-corrected chi connectivity index (χ0v) is 9.58. The number of hydrogen-bond donors (Lipinski definition) is 1. The van der Waals surface area contributed by atoms with Crippen LogP contribution in [0.4, 0.5) is 4.39 Å². The van der Waals surface area contributed by atoms with Crippen LogP contribution in [-0.4, -0.2) is 11.4 Å². The monoisotopic (exact) mass is 245 g/mol. The SMILES string of the molecule is O/N=C/c1ccccc1OCc1cccc(F)c1. The van der Waals surface area contributed by atoms with E-state index < -0.39 is 0 Å². The first-order chi connectivity index (χ1) is 8.79. The molecule has 4 heteroatoms. The molecule has 0 unspecified atom stereocenters. The second-order valence-electron chi connectivity index (χ2n) is 3.70. The highest BCUT2D eigenvalue weighted by atomic mass is 19.1. The van der Waals surface area contributed by atoms with E-state index in [2.05, 4.69) is 5.16 Å². The largest absolute Gasteiger partial charge is 0.488 e. The third-order valence-electron chi connectivity index (χ3n) is 2.40. The van der Waals surface area contributed by atoms with Gasteiger partial charge in [0.1, 0.15) is 18.2 Å². The molecule has 0 amide bonds. The second-order valence-corrected chi connectivity index (χ2v) is 3.70. The van der Waals surface area contributed by atoms with Crippen LogP contribution in [0.5, 0.6) is 5.75 Å². The molecule has 18 heavy (non-hydrogen) atoms. The lowest BCUT2D eigenvalue weighted by Crippen LogP contribution is -1.98. The summed E-state index contributed by atoms with van der Waals surface area (Å²) in [7, 11) is 0. The van der Waals surface area contributed by atoms with Gasteiger partial charge in [0, 0.05) is 5.56 Å². The number of ether oxygens (including phenoxy) is 1. The molecule has 92 valence electrons. The quantitative estimate of drug-likeness (QED) is 0.510. The summed E-state index contributed by atoms with van der Waals surface area (Å²) in [5, 5.41) is 11.5. The number of para-hydroxylation sites is 1. The Morgan fingerprint density at radius 1 is 1.17 bits per heavy atom. The van der Waals surface area contributed by atoms with Crippen LogP contribution in [0.25, 0.3) is 0 Å². The first kappa shape index (κ1) is 12.1. The van der Waals surface area contributed by atoms with Crippen LogP contribution >= 0.6 is 0 Å². The topological polar surface area (TPSA) is 41.8 Å². The fourth-order valence-corrected chi connectivity index (χ4v) is 1.57. The van der Waals surface area contributed by atoms with Crippen molar-refractivity contribution in [3.8, 4) is 5.75 Å². The molecule has 0 saturated carbocycles. The number of nitrogens with zero attached hydrogens (tertiary/aromatic N) is 1. The molecular formula is C14H12FNO2. The molecule has 3 nitrogen and oxygen atoms in total. The van der Waals surface area contributed by atoms with Gasteiger partial charge in [-0.05, 0) is 29.8 Å². The van der Waals surface area contributed by atoms with Crippen molar-refractivity contribution in [1.29, 1.82) is 0 Å². The second kappa shape index (κ2) is 5.82. The number of benzene rings is 2. The average Bonchev–Trinajstić information content (AvgIpc) is 2.38. The Balaban J connectivity index is 2.10. The summed E-state index contributed by atoms with van der Waals surface area (Å²) in [5.41, 5.74) is 1.40. The number of oxime groups is 1. The first-order valence-electron chi connectivity index (χ1n) is 5.43. The summed E-state index contributed by atoms with van der Waals surface area (Å²) in [6.45, 7) is 0.258. The van der Waals surface area contributed by atoms with Crippen LogP contribution in [0, 0.1) is 5.82 Å². The third kappa shape index (κ3) is 3.07. The normalized spacial score (nSPS) is 10.7. The minimum atomic E-state index is -0.290. The highest BCUT2D eigenvalue weighted by Crippen LogP contribution is 2.17. The summed E-state index contributed by atoms with van der Waals surface area (Å²) < 4.78 is 18.5. The molecule has 0 atom stereocenters. The van der Waals surface area contributed by atoms with Gasteiger partial charge in [-0.2, -0.15) is 0 Å². The van der Waals surface area contributed by atoms with E-state index in [1.54, 1.807) is 24.3 Å². The Labute approximate surface area is 104 Å². The Morgan fingerprint density at radius 3 is 2.78 bits per heavy atom. The van der Waals surface area contributed by atoms with Gasteiger partial charge in [-0.3, -0.25) is 0 Å². The molecular weight excluding hydrogens is 233 g/mol. The van der Waals surface area contributed by atoms with E-state index >= 15 is 0 Å². The summed E-state index contributed by atoms with van der Waals surface area (Å²) in [6.07, 6.45) is 1.29. The van der Waals surface area contributed by atoms with Crippen molar-refractivity contribution < 1.29 is 14.3 Å². The van der Waals surface area contributed by atoms with Crippen molar-refractivity contribution in [3.63, 3.8) is 0 Å². The van der Waals surface area contributed by atoms with Gasteiger partial charge in [0.2, 0.25) is 0 Å². The van der Waals surface area contributed by atoms with Crippen LogP contribution in [-0.2, 0) is 6.61 Å². The van der Waals surface area contributed by atoms with Crippen molar-refractivity contribution >= 4 is 6.21 Å². The lowest BCUT2D eigenvalue weighted by molar-refractivity contribution is 0.303. The van der Waals surface area contributed by atoms with Crippen molar-refractivity contribution in [2.45, 2.75) is 6.61 Å². The number of hydrogen-bond acceptors (Lipinski definition) is 3. The maximum atomic E-state index is 13.0. The van der Waals surface area contributed by atoms with Gasteiger partial charge in [-0.15, -0.1) is 0 Å². The van der Waals surface area contributed by atoms with Crippen molar-refractivity contribution in [2.24, 2.45) is 5.16 Å². The molecule has 0 bridgehead atoms. The molecule has 0 radical (unpaired) electrons. The highest BCUT2D eigenvalue weighted by Gasteiger charge is 2.02. The molecule has 0 aromatic heterocycles. The predicted octanol–water partition coefficient (Wildman–Crippen LogP) is 3.21. The molecule has 0 aliphatic heterocycles. The molecule has 1 N–H and O–H groups in total. The fourth-order valence-electron chi connectivity index (χ4n) is 1.57. The van der Waals surface area contributed by atoms with E-state index in [-0.39, 0.29) is 12.4 Å². The highest BCUT2D eigenvalue weighted by molar-refractivity contribution is 5.82. The van der Waals surface area contributed by atoms with E-state index in [1.807, 2.05) is 12.1 Å². The summed E-state index contributed by atoms with van der Waals surface area (Å²) in [6, 6.07) is 13.4. The lowest BCUT2D eigenvalue weighted by atomic mass is 10.2. The maximum Gasteiger partial charge on any atom is 0.128 e. The minimum Gasteiger partial charge on any atom is -0.488 e. The Hall–Kier alpha value is -2.36. The number of halogens is 1. The van der Waals surface area contributed by atoms with E-state index in [9.17, 15) is 4.39 Å². The molecule has 0 aliphatic carbocycles. The molecule has 2 aromatic carbocycles. The van der Waals surface area contributed by atoms with Gasteiger partial charge < -0.3 is 9.94 Å². The molecule has 0 aliphatic rings. The Bertz CT molecular complexity index is 555. The zero-order chi connectivity index (χ0) is 12.8. The van der Waals surface area contributed by atoms with Crippen molar-refractivity contribution in [1.82, 2.24) is 0 Å². The van der Waals surface area contributed by atoms with Crippen molar-refractivity contribution in [3.05, 3.63) is 65.5 Å². The summed E-state index contributed by atoms with van der Waals surface area (Å²) in [5.74, 6) is 0.292. The molecule has 0 fully saturated rings. The molecule has 0 heterocycles. The summed E-state index contributed by atoms with van der Waals surface area (Å²) >= 11 is 0. The first-order valence-corrected chi connectivity index (χ1v) is 5.43. The Morgan fingerprint density at radius 2 is 2.00 bits per heavy atom. The van der Waals surface area contributed by atoms with Crippen LogP contribution in [0.1, 0.15) is 11.1 Å². The van der Waals surface area contributed by atoms with E-state index in [0.717, 1.165) is 5.56 Å². The predicted molar refractivity (Wildman–Crippen MR) is 66.6 cm³/mol. The standard InChI is InChI=1S/C14H12FNO2/c15-13-6-3-4-11(8-13)10-18-14-7-2-1-5-12(14)9-16-17/h1-9,17H,10H2/b16-9+. The van der Waals surface area contributed by atoms with Gasteiger partial charge in [0.15, 0.2) is 0 Å². The Kier molecular flexibility index (Phi) is 3.91. The summed E-state index contributed by atoms with van der Waals surface area (Å²) in [4.78, 5) is 0. The third-order valence-corrected chi connectivity index (χ3v) is 2.40. The van der Waals surface area contributed by atoms with Crippen LogP contribution in [0.2, 0.25) is 0 Å². The van der Waals surface area contributed by atoms with E-state index in [4.69, 9.17) is 9.94 Å². The van der Waals surface area contributed by atoms with E-state index in [1.165, 1.54) is 18.3 Å². The van der Waals surface area contributed by atoms with Crippen LogP contribution in [0.3, 0.4) is 0 Å². The minimum absolute atomic E-state index is 0.258. The molecule has 2 rings (SSSR count). The fraction of sp³-hybridized carbons (Fsp3) is 0.0714. The lowest BCUT2D eigenvalue weighted by Gasteiger charge is -2.08. The van der Waals surface area contributed by atoms with Gasteiger partial charge in [0.05, 0.1) is 6.21 Å². The van der Waals surface area contributed by atoms with Gasteiger partial charge in [-0.1, -0.05) is 29.4 Å².